The molecule has 5 atom stereocenters. The Kier molecular flexibility index (Phi) is 10.5. The fourth-order valence-corrected chi connectivity index (χ4v) is 8.41. The minimum atomic E-state index is -3.98. The van der Waals surface area contributed by atoms with Crippen molar-refractivity contribution in [1.29, 1.82) is 0 Å². The molecule has 0 unspecified atom stereocenters. The van der Waals surface area contributed by atoms with Crippen molar-refractivity contribution in [1.82, 2.24) is 24.9 Å². The maximum Gasteiger partial charge on any atom is 0.306 e. The van der Waals surface area contributed by atoms with Crippen molar-refractivity contribution < 1.29 is 41.8 Å². The lowest BCUT2D eigenvalue weighted by Gasteiger charge is -2.29. The number of ether oxygens (including phenoxy) is 3. The van der Waals surface area contributed by atoms with E-state index in [4.69, 9.17) is 14.2 Å². The molecule has 2 aromatic rings. The highest BCUT2D eigenvalue weighted by Gasteiger charge is 2.63. The van der Waals surface area contributed by atoms with E-state index >= 15 is 0 Å². The summed E-state index contributed by atoms with van der Waals surface area (Å²) in [6, 6.07) is 4.23. The van der Waals surface area contributed by atoms with Gasteiger partial charge in [0.25, 0.3) is 5.91 Å². The summed E-state index contributed by atoms with van der Waals surface area (Å²) in [6.45, 7) is 6.85. The molecule has 52 heavy (non-hydrogen) atoms. The maximum atomic E-state index is 14.4. The second-order valence-electron chi connectivity index (χ2n) is 15.1. The number of rotatable bonds is 9. The summed E-state index contributed by atoms with van der Waals surface area (Å²) < 4.78 is 44.6. The van der Waals surface area contributed by atoms with Crippen molar-refractivity contribution in [2.24, 2.45) is 11.8 Å². The van der Waals surface area contributed by atoms with E-state index in [0.717, 1.165) is 12.8 Å². The van der Waals surface area contributed by atoms with Crippen LogP contribution in [0.25, 0.3) is 11.0 Å². The van der Waals surface area contributed by atoms with Crippen LogP contribution < -0.4 is 19.5 Å². The number of nitrogens with one attached hydrogen (secondary N) is 2. The van der Waals surface area contributed by atoms with E-state index in [1.807, 2.05) is 12.2 Å². The quantitative estimate of drug-likeness (QED) is 0.283. The number of hydrogen-bond acceptors (Lipinski definition) is 11. The standard InChI is InChI=1S/C37H49N5O9S/c1-22(2)50-31(43)17-24-11-9-7-6-8-10-12-25-20-37(25,35(46)41-52(47,48)36(4)15-16-36)40-32(44)30-19-27(21-42(30)34(24)45)51-33-23(3)38-28-14-13-26(49-5)18-29(28)39-33/h10,12-14,18,22,24-25,27,30H,6-9,11,15-17,19-21H2,1-5H3,(H,40,44)(H,41,46)/b12-10-/t24-,25-,27-,30+,37-/m1/s1. The van der Waals surface area contributed by atoms with Crippen LogP contribution in [-0.2, 0) is 33.9 Å². The first-order valence-corrected chi connectivity index (χ1v) is 19.7. The molecule has 282 valence electrons. The van der Waals surface area contributed by atoms with Crippen LogP contribution in [-0.4, -0.2) is 89.2 Å². The predicted octanol–water partition coefficient (Wildman–Crippen LogP) is 3.65. The molecule has 2 saturated carbocycles. The summed E-state index contributed by atoms with van der Waals surface area (Å²) in [7, 11) is -2.42. The van der Waals surface area contributed by atoms with E-state index in [9.17, 15) is 27.6 Å². The Balaban J connectivity index is 1.31. The first-order chi connectivity index (χ1) is 24.6. The zero-order valence-electron chi connectivity index (χ0n) is 30.5. The van der Waals surface area contributed by atoms with Gasteiger partial charge in [0, 0.05) is 24.3 Å². The number of amides is 3. The van der Waals surface area contributed by atoms with Crippen molar-refractivity contribution >= 4 is 44.7 Å². The van der Waals surface area contributed by atoms with Gasteiger partial charge < -0.3 is 24.4 Å². The molecule has 3 fully saturated rings. The maximum absolute atomic E-state index is 14.4. The first-order valence-electron chi connectivity index (χ1n) is 18.2. The van der Waals surface area contributed by atoms with Gasteiger partial charge in [0.05, 0.1) is 42.0 Å². The van der Waals surface area contributed by atoms with Crippen LogP contribution in [0.2, 0.25) is 0 Å². The summed E-state index contributed by atoms with van der Waals surface area (Å²) in [5, 5.41) is 2.89. The number of carbonyl (C=O) groups is 4. The Bertz CT molecular complexity index is 1880. The van der Waals surface area contributed by atoms with Gasteiger partial charge in [0.15, 0.2) is 0 Å². The second-order valence-corrected chi connectivity index (χ2v) is 17.3. The smallest absolute Gasteiger partial charge is 0.306 e. The molecule has 0 spiro atoms. The van der Waals surface area contributed by atoms with Crippen LogP contribution in [0.15, 0.2) is 30.4 Å². The molecular formula is C37H49N5O9S. The van der Waals surface area contributed by atoms with Gasteiger partial charge in [-0.15, -0.1) is 0 Å². The number of allylic oxidation sites excluding steroid dienone is 1. The van der Waals surface area contributed by atoms with Crippen molar-refractivity contribution in [3.63, 3.8) is 0 Å². The Morgan fingerprint density at radius 3 is 2.60 bits per heavy atom. The van der Waals surface area contributed by atoms with Crippen molar-refractivity contribution in [2.75, 3.05) is 13.7 Å². The molecule has 0 bridgehead atoms. The SMILES string of the molecule is COc1ccc2nc(C)c(O[C@@H]3C[C@H]4C(=O)N[C@]5(C(=O)NS(=O)(=O)C6(C)CC6)C[C@H]5/C=C\CCCCC[C@H](CC(=O)OC(C)C)C(=O)N4C3)nc2c1. The molecule has 2 N–H and O–H groups in total. The number of hydrogen-bond donors (Lipinski definition) is 2. The van der Waals surface area contributed by atoms with Gasteiger partial charge in [-0.3, -0.25) is 23.9 Å². The zero-order chi connectivity index (χ0) is 37.4. The number of benzene rings is 1. The monoisotopic (exact) mass is 739 g/mol. The highest BCUT2D eigenvalue weighted by molar-refractivity contribution is 7.91. The molecule has 4 aliphatic rings. The highest BCUT2D eigenvalue weighted by atomic mass is 32.2. The van der Waals surface area contributed by atoms with Crippen LogP contribution in [0, 0.1) is 18.8 Å². The predicted molar refractivity (Wildman–Crippen MR) is 191 cm³/mol. The molecular weight excluding hydrogens is 691 g/mol. The van der Waals surface area contributed by atoms with Gasteiger partial charge in [-0.1, -0.05) is 25.0 Å². The number of nitrogens with zero attached hydrogens (tertiary/aromatic N) is 3. The molecule has 6 rings (SSSR count). The lowest BCUT2D eigenvalue weighted by atomic mass is 9.95. The minimum absolute atomic E-state index is 0.0131. The Morgan fingerprint density at radius 1 is 1.12 bits per heavy atom. The van der Waals surface area contributed by atoms with Crippen LogP contribution in [0.1, 0.15) is 90.7 Å². The van der Waals surface area contributed by atoms with Gasteiger partial charge in [-0.05, 0) is 78.4 Å². The lowest BCUT2D eigenvalue weighted by Crippen LogP contribution is -2.57. The number of methoxy groups -OCH3 is 1. The number of aromatic nitrogens is 2. The average Bonchev–Trinajstić information content (AvgIpc) is 3.96. The number of sulfonamides is 1. The largest absolute Gasteiger partial charge is 0.497 e. The van der Waals surface area contributed by atoms with E-state index < -0.39 is 62.1 Å². The third-order valence-corrected chi connectivity index (χ3v) is 12.8. The summed E-state index contributed by atoms with van der Waals surface area (Å²) in [6.07, 6.45) is 7.25. The van der Waals surface area contributed by atoms with Gasteiger partial charge >= 0.3 is 5.97 Å². The molecule has 2 aliphatic carbocycles. The van der Waals surface area contributed by atoms with Crippen LogP contribution >= 0.6 is 0 Å². The fraction of sp³-hybridized carbons (Fsp3) is 0.622. The molecule has 15 heteroatoms. The van der Waals surface area contributed by atoms with Crippen LogP contribution in [0.4, 0.5) is 0 Å². The number of esters is 1. The molecule has 2 aliphatic heterocycles. The molecule has 1 aromatic heterocycles. The van der Waals surface area contributed by atoms with Gasteiger partial charge in [-0.2, -0.15) is 0 Å². The van der Waals surface area contributed by atoms with E-state index in [-0.39, 0.29) is 43.7 Å². The molecule has 1 aromatic carbocycles. The van der Waals surface area contributed by atoms with Gasteiger partial charge in [-0.25, -0.2) is 18.4 Å². The van der Waals surface area contributed by atoms with Gasteiger partial charge in [0.2, 0.25) is 27.7 Å². The lowest BCUT2D eigenvalue weighted by molar-refractivity contribution is -0.153. The molecule has 14 nitrogen and oxygen atoms in total. The average molecular weight is 740 g/mol. The molecule has 3 amide bonds. The van der Waals surface area contributed by atoms with E-state index in [1.165, 1.54) is 4.90 Å². The third kappa shape index (κ3) is 7.88. The molecule has 0 radical (unpaired) electrons. The number of fused-ring (bicyclic) bond motifs is 3. The summed E-state index contributed by atoms with van der Waals surface area (Å²) >= 11 is 0. The summed E-state index contributed by atoms with van der Waals surface area (Å²) in [5.41, 5.74) is 0.200. The summed E-state index contributed by atoms with van der Waals surface area (Å²) in [4.78, 5) is 66.1. The number of carbonyl (C=O) groups excluding carboxylic acids is 4. The van der Waals surface area contributed by atoms with Crippen molar-refractivity contribution in [3.8, 4) is 11.6 Å². The summed E-state index contributed by atoms with van der Waals surface area (Å²) in [5.74, 6) is -2.62. The first kappa shape index (κ1) is 37.5. The van der Waals surface area contributed by atoms with Crippen molar-refractivity contribution in [2.45, 2.75) is 120 Å². The number of aryl methyl sites for hydroxylation is 1. The van der Waals surface area contributed by atoms with Gasteiger partial charge in [0.1, 0.15) is 29.1 Å². The third-order valence-electron chi connectivity index (χ3n) is 10.6. The van der Waals surface area contributed by atoms with Crippen molar-refractivity contribution in [3.05, 3.63) is 36.0 Å². The van der Waals surface area contributed by atoms with E-state index in [0.29, 0.717) is 54.6 Å². The van der Waals surface area contributed by atoms with E-state index in [2.05, 4.69) is 20.0 Å². The normalized spacial score (nSPS) is 28.1. The van der Waals surface area contributed by atoms with Crippen LogP contribution in [0.5, 0.6) is 11.6 Å². The Labute approximate surface area is 304 Å². The fourth-order valence-electron chi connectivity index (χ4n) is 7.09. The Morgan fingerprint density at radius 2 is 1.88 bits per heavy atom. The Hall–Kier alpha value is -4.27. The van der Waals surface area contributed by atoms with E-state index in [1.54, 1.807) is 53.0 Å². The second kappa shape index (κ2) is 14.6. The zero-order valence-corrected chi connectivity index (χ0v) is 31.3. The molecule has 1 saturated heterocycles. The minimum Gasteiger partial charge on any atom is -0.497 e. The topological polar surface area (TPSA) is 183 Å². The van der Waals surface area contributed by atoms with Crippen LogP contribution in [0.3, 0.4) is 0 Å². The molecule has 3 heterocycles. The highest BCUT2D eigenvalue weighted by Crippen LogP contribution is 2.47.